The molecule has 2 N–H and O–H groups in total. The third-order valence-corrected chi connectivity index (χ3v) is 7.00. The molecule has 0 spiro atoms. The quantitative estimate of drug-likeness (QED) is 0.773. The normalized spacial score (nSPS) is 27.1. The highest BCUT2D eigenvalue weighted by Gasteiger charge is 2.31. The average Bonchev–Trinajstić information content (AvgIpc) is 3.17. The van der Waals surface area contributed by atoms with E-state index in [0.29, 0.717) is 17.9 Å². The van der Waals surface area contributed by atoms with Crippen LogP contribution in [0, 0.1) is 5.92 Å². The number of aromatic nitrogens is 2. The first kappa shape index (κ1) is 17.9. The van der Waals surface area contributed by atoms with E-state index >= 15 is 0 Å². The number of aliphatic hydroxyl groups is 1. The molecule has 2 aliphatic rings. The van der Waals surface area contributed by atoms with E-state index in [-0.39, 0.29) is 6.10 Å². The summed E-state index contributed by atoms with van der Waals surface area (Å²) in [5, 5.41) is 14.8. The summed E-state index contributed by atoms with van der Waals surface area (Å²) in [7, 11) is 1.86. The molecule has 2 atom stereocenters. The van der Waals surface area contributed by atoms with Gasteiger partial charge in [-0.15, -0.1) is 11.3 Å². The predicted molar refractivity (Wildman–Crippen MR) is 109 cm³/mol. The van der Waals surface area contributed by atoms with Crippen molar-refractivity contribution in [2.24, 2.45) is 10.9 Å². The van der Waals surface area contributed by atoms with Crippen molar-refractivity contribution in [1.82, 2.24) is 9.97 Å². The third-order valence-electron chi connectivity index (χ3n) is 5.83. The molecule has 4 rings (SSSR count). The Balaban J connectivity index is 1.58. The van der Waals surface area contributed by atoms with Gasteiger partial charge in [-0.25, -0.2) is 9.97 Å². The maximum absolute atomic E-state index is 9.89. The van der Waals surface area contributed by atoms with E-state index in [0.717, 1.165) is 42.8 Å². The molecule has 0 aromatic carbocycles. The second-order valence-electron chi connectivity index (χ2n) is 7.82. The zero-order valence-electron chi connectivity index (χ0n) is 15.6. The van der Waals surface area contributed by atoms with Gasteiger partial charge < -0.3 is 15.4 Å². The van der Waals surface area contributed by atoms with Gasteiger partial charge in [0, 0.05) is 24.2 Å². The number of nitrogens with one attached hydrogen (secondary N) is 1. The average molecular weight is 373 g/mol. The molecule has 140 valence electrons. The summed E-state index contributed by atoms with van der Waals surface area (Å²) in [5.74, 6) is 2.06. The van der Waals surface area contributed by atoms with E-state index in [9.17, 15) is 5.11 Å². The summed E-state index contributed by atoms with van der Waals surface area (Å²) in [5.41, 5.74) is 1.40. The van der Waals surface area contributed by atoms with Gasteiger partial charge in [0.2, 0.25) is 0 Å². The molecule has 0 radical (unpaired) electrons. The SMILES string of the molecule is CN=CC1CCC(Nc2ncnc3sc4c(c23)[C@@H](C[C@@H](C)O)CC4)CC1. The fourth-order valence-corrected chi connectivity index (χ4v) is 5.88. The van der Waals surface area contributed by atoms with Crippen molar-refractivity contribution in [2.45, 2.75) is 69.9 Å². The van der Waals surface area contributed by atoms with Gasteiger partial charge >= 0.3 is 0 Å². The summed E-state index contributed by atoms with van der Waals surface area (Å²) in [4.78, 5) is 15.9. The van der Waals surface area contributed by atoms with Crippen LogP contribution in [-0.4, -0.2) is 40.5 Å². The molecule has 2 aliphatic carbocycles. The minimum absolute atomic E-state index is 0.266. The highest BCUT2D eigenvalue weighted by atomic mass is 32.1. The van der Waals surface area contributed by atoms with E-state index in [1.807, 2.05) is 25.3 Å². The molecule has 0 amide bonds. The van der Waals surface area contributed by atoms with E-state index in [4.69, 9.17) is 0 Å². The molecule has 2 aromatic rings. The zero-order chi connectivity index (χ0) is 18.1. The van der Waals surface area contributed by atoms with Crippen LogP contribution >= 0.6 is 11.3 Å². The Labute approximate surface area is 159 Å². The van der Waals surface area contributed by atoms with Gasteiger partial charge in [0.05, 0.1) is 11.5 Å². The van der Waals surface area contributed by atoms with E-state index in [1.54, 1.807) is 6.33 Å². The smallest absolute Gasteiger partial charge is 0.138 e. The number of hydrogen-bond acceptors (Lipinski definition) is 6. The number of aliphatic hydroxyl groups excluding tert-OH is 1. The number of nitrogens with zero attached hydrogens (tertiary/aromatic N) is 3. The van der Waals surface area contributed by atoms with Crippen LogP contribution in [0.1, 0.15) is 61.8 Å². The number of anilines is 1. The van der Waals surface area contributed by atoms with Crippen LogP contribution in [0.15, 0.2) is 11.3 Å². The second kappa shape index (κ2) is 7.61. The first-order chi connectivity index (χ1) is 12.7. The summed E-state index contributed by atoms with van der Waals surface area (Å²) >= 11 is 1.81. The molecule has 0 unspecified atom stereocenters. The fraction of sp³-hybridized carbons (Fsp3) is 0.650. The van der Waals surface area contributed by atoms with Crippen LogP contribution in [0.25, 0.3) is 10.2 Å². The highest BCUT2D eigenvalue weighted by Crippen LogP contribution is 2.47. The second-order valence-corrected chi connectivity index (χ2v) is 8.91. The first-order valence-electron chi connectivity index (χ1n) is 9.78. The Morgan fingerprint density at radius 1 is 1.31 bits per heavy atom. The summed E-state index contributed by atoms with van der Waals surface area (Å²) < 4.78 is 0. The summed E-state index contributed by atoms with van der Waals surface area (Å²) in [6, 6.07) is 0.474. The molecule has 26 heavy (non-hydrogen) atoms. The van der Waals surface area contributed by atoms with Crippen LogP contribution in [0.5, 0.6) is 0 Å². The van der Waals surface area contributed by atoms with E-state index < -0.39 is 0 Å². The van der Waals surface area contributed by atoms with Gasteiger partial charge in [-0.3, -0.25) is 0 Å². The van der Waals surface area contributed by atoms with Gasteiger partial charge in [-0.1, -0.05) is 0 Å². The van der Waals surface area contributed by atoms with Crippen LogP contribution < -0.4 is 5.32 Å². The molecule has 0 bridgehead atoms. The maximum atomic E-state index is 9.89. The lowest BCUT2D eigenvalue weighted by Crippen LogP contribution is -2.27. The van der Waals surface area contributed by atoms with Gasteiger partial charge in [0.25, 0.3) is 0 Å². The van der Waals surface area contributed by atoms with Gasteiger partial charge in [0.1, 0.15) is 17.0 Å². The molecule has 2 aromatic heterocycles. The molecule has 5 nitrogen and oxygen atoms in total. The largest absolute Gasteiger partial charge is 0.393 e. The molecular formula is C20H28N4OS. The number of fused-ring (bicyclic) bond motifs is 3. The van der Waals surface area contributed by atoms with Crippen molar-refractivity contribution in [2.75, 3.05) is 12.4 Å². The Bertz CT molecular complexity index is 792. The number of hydrogen-bond donors (Lipinski definition) is 2. The minimum Gasteiger partial charge on any atom is -0.393 e. The zero-order valence-corrected chi connectivity index (χ0v) is 16.4. The van der Waals surface area contributed by atoms with E-state index in [2.05, 4.69) is 26.5 Å². The van der Waals surface area contributed by atoms with Crippen molar-refractivity contribution in [3.8, 4) is 0 Å². The molecule has 2 heterocycles. The van der Waals surface area contributed by atoms with Gasteiger partial charge in [0.15, 0.2) is 0 Å². The predicted octanol–water partition coefficient (Wildman–Crippen LogP) is 4.16. The standard InChI is InChI=1S/C20H28N4OS/c1-12(25)9-14-5-8-16-17(14)18-19(22-11-23-20(18)26-16)24-15-6-3-13(4-7-15)10-21-2/h10-15,25H,3-9H2,1-2H3,(H,22,23,24)/t12-,13?,14-,15?/m1/s1. The number of rotatable bonds is 5. The number of aryl methyl sites for hydroxylation is 1. The minimum atomic E-state index is -0.266. The van der Waals surface area contributed by atoms with Crippen molar-refractivity contribution >= 4 is 33.6 Å². The Kier molecular flexibility index (Phi) is 5.23. The fourth-order valence-electron chi connectivity index (χ4n) is 4.64. The van der Waals surface area contributed by atoms with E-state index in [1.165, 1.54) is 28.7 Å². The van der Waals surface area contributed by atoms with Crippen molar-refractivity contribution in [3.63, 3.8) is 0 Å². The van der Waals surface area contributed by atoms with Crippen molar-refractivity contribution < 1.29 is 5.11 Å². The lowest BCUT2D eigenvalue weighted by Gasteiger charge is -2.27. The Morgan fingerprint density at radius 3 is 2.85 bits per heavy atom. The molecule has 6 heteroatoms. The van der Waals surface area contributed by atoms with Crippen LogP contribution in [0.2, 0.25) is 0 Å². The number of thiophene rings is 1. The van der Waals surface area contributed by atoms with Crippen LogP contribution in [0.4, 0.5) is 5.82 Å². The Morgan fingerprint density at radius 2 is 2.12 bits per heavy atom. The van der Waals surface area contributed by atoms with Crippen LogP contribution in [-0.2, 0) is 6.42 Å². The van der Waals surface area contributed by atoms with Gasteiger partial charge in [-0.05, 0) is 69.3 Å². The lowest BCUT2D eigenvalue weighted by molar-refractivity contribution is 0.174. The summed E-state index contributed by atoms with van der Waals surface area (Å²) in [6.07, 6.45) is 11.3. The first-order valence-corrected chi connectivity index (χ1v) is 10.6. The third kappa shape index (κ3) is 3.49. The number of aliphatic imine (C=N–C) groups is 1. The lowest BCUT2D eigenvalue weighted by atomic mass is 9.86. The van der Waals surface area contributed by atoms with Crippen molar-refractivity contribution in [3.05, 3.63) is 16.8 Å². The van der Waals surface area contributed by atoms with Gasteiger partial charge in [-0.2, -0.15) is 0 Å². The summed E-state index contributed by atoms with van der Waals surface area (Å²) in [6.45, 7) is 1.89. The topological polar surface area (TPSA) is 70.4 Å². The highest BCUT2D eigenvalue weighted by molar-refractivity contribution is 7.19. The molecule has 1 fully saturated rings. The monoisotopic (exact) mass is 372 g/mol. The molecule has 0 aliphatic heterocycles. The maximum Gasteiger partial charge on any atom is 0.138 e. The molecule has 0 saturated heterocycles. The van der Waals surface area contributed by atoms with Crippen molar-refractivity contribution in [1.29, 1.82) is 0 Å². The Hall–Kier alpha value is -1.53. The molecular weight excluding hydrogens is 344 g/mol. The van der Waals surface area contributed by atoms with Crippen LogP contribution in [0.3, 0.4) is 0 Å². The molecule has 1 saturated carbocycles.